The SMILES string of the molecule is CCN(CC)c1nc(Sc2ccc(NC(C)=O)cc2)nc(Nc2cc(C)[nH]n2)c1C. The molecule has 2 heterocycles. The predicted octanol–water partition coefficient (Wildman–Crippen LogP) is 4.52. The van der Waals surface area contributed by atoms with Gasteiger partial charge in [0.15, 0.2) is 11.0 Å². The lowest BCUT2D eigenvalue weighted by Crippen LogP contribution is -2.24. The van der Waals surface area contributed by atoms with Crippen molar-refractivity contribution in [2.24, 2.45) is 0 Å². The highest BCUT2D eigenvalue weighted by molar-refractivity contribution is 7.99. The largest absolute Gasteiger partial charge is 0.357 e. The summed E-state index contributed by atoms with van der Waals surface area (Å²) in [4.78, 5) is 24.0. The Labute approximate surface area is 180 Å². The maximum absolute atomic E-state index is 11.2. The predicted molar refractivity (Wildman–Crippen MR) is 122 cm³/mol. The molecule has 0 aliphatic carbocycles. The molecule has 1 aromatic carbocycles. The Bertz CT molecular complexity index is 1010. The summed E-state index contributed by atoms with van der Waals surface area (Å²) in [6.45, 7) is 11.4. The van der Waals surface area contributed by atoms with E-state index in [1.165, 1.54) is 18.7 Å². The number of carbonyl (C=O) groups is 1. The third kappa shape index (κ3) is 5.29. The number of amides is 1. The third-order valence-corrected chi connectivity index (χ3v) is 5.37. The number of aryl methyl sites for hydroxylation is 1. The van der Waals surface area contributed by atoms with Gasteiger partial charge in [-0.05, 0) is 63.7 Å². The van der Waals surface area contributed by atoms with Gasteiger partial charge in [-0.25, -0.2) is 9.97 Å². The van der Waals surface area contributed by atoms with Crippen molar-refractivity contribution < 1.29 is 4.79 Å². The summed E-state index contributed by atoms with van der Waals surface area (Å²) in [5, 5.41) is 13.9. The molecule has 8 nitrogen and oxygen atoms in total. The highest BCUT2D eigenvalue weighted by Gasteiger charge is 2.17. The van der Waals surface area contributed by atoms with Crippen molar-refractivity contribution in [1.82, 2.24) is 20.2 Å². The molecule has 30 heavy (non-hydrogen) atoms. The van der Waals surface area contributed by atoms with Gasteiger partial charge in [-0.1, -0.05) is 0 Å². The van der Waals surface area contributed by atoms with E-state index in [0.29, 0.717) is 5.16 Å². The molecule has 1 amide bonds. The minimum Gasteiger partial charge on any atom is -0.357 e. The Morgan fingerprint density at radius 3 is 2.40 bits per heavy atom. The van der Waals surface area contributed by atoms with E-state index in [-0.39, 0.29) is 5.91 Å². The second kappa shape index (κ2) is 9.62. The monoisotopic (exact) mass is 425 g/mol. The number of aromatic amines is 1. The van der Waals surface area contributed by atoms with Gasteiger partial charge in [-0.2, -0.15) is 5.10 Å². The average Bonchev–Trinajstić information content (AvgIpc) is 3.12. The van der Waals surface area contributed by atoms with E-state index in [1.54, 1.807) is 0 Å². The first-order valence-corrected chi connectivity index (χ1v) is 10.7. The first kappa shape index (κ1) is 21.6. The molecule has 0 saturated heterocycles. The van der Waals surface area contributed by atoms with Crippen molar-refractivity contribution in [3.63, 3.8) is 0 Å². The number of anilines is 4. The minimum atomic E-state index is -0.0922. The molecule has 0 fully saturated rings. The number of hydrogen-bond acceptors (Lipinski definition) is 7. The number of rotatable bonds is 8. The van der Waals surface area contributed by atoms with Gasteiger partial charge in [0.2, 0.25) is 5.91 Å². The van der Waals surface area contributed by atoms with Crippen LogP contribution in [0.2, 0.25) is 0 Å². The standard InChI is InChI=1S/C21H27N7OS/c1-6-28(7-2)20-14(4)19(23-18-12-13(3)26-27-18)24-21(25-20)30-17-10-8-16(9-11-17)22-15(5)29/h8-12H,6-7H2,1-5H3,(H,22,29)(H2,23,24,25,26,27). The lowest BCUT2D eigenvalue weighted by Gasteiger charge is -2.23. The fraction of sp³-hybridized carbons (Fsp3) is 0.333. The lowest BCUT2D eigenvalue weighted by atomic mass is 10.2. The van der Waals surface area contributed by atoms with Crippen LogP contribution in [-0.4, -0.2) is 39.2 Å². The van der Waals surface area contributed by atoms with Crippen molar-refractivity contribution in [1.29, 1.82) is 0 Å². The van der Waals surface area contributed by atoms with Crippen LogP contribution in [0.3, 0.4) is 0 Å². The number of nitrogens with one attached hydrogen (secondary N) is 3. The molecule has 0 radical (unpaired) electrons. The molecular formula is C21H27N7OS. The van der Waals surface area contributed by atoms with Crippen LogP contribution in [0.25, 0.3) is 0 Å². The van der Waals surface area contributed by atoms with E-state index >= 15 is 0 Å². The van der Waals surface area contributed by atoms with Crippen LogP contribution >= 0.6 is 11.8 Å². The summed E-state index contributed by atoms with van der Waals surface area (Å²) < 4.78 is 0. The van der Waals surface area contributed by atoms with Crippen LogP contribution in [0.4, 0.5) is 23.1 Å². The molecule has 9 heteroatoms. The Hall–Kier alpha value is -3.07. The first-order valence-electron chi connectivity index (χ1n) is 9.87. The van der Waals surface area contributed by atoms with Gasteiger partial charge in [0, 0.05) is 47.9 Å². The van der Waals surface area contributed by atoms with Crippen LogP contribution < -0.4 is 15.5 Å². The Balaban J connectivity index is 1.93. The number of benzene rings is 1. The van der Waals surface area contributed by atoms with E-state index in [2.05, 4.69) is 39.6 Å². The molecule has 3 N–H and O–H groups in total. The van der Waals surface area contributed by atoms with Gasteiger partial charge in [0.25, 0.3) is 0 Å². The normalized spacial score (nSPS) is 10.7. The molecule has 0 aliphatic heterocycles. The summed E-state index contributed by atoms with van der Waals surface area (Å²) in [7, 11) is 0. The molecule has 0 bridgehead atoms. The van der Waals surface area contributed by atoms with Crippen molar-refractivity contribution in [2.75, 3.05) is 28.6 Å². The number of nitrogens with zero attached hydrogens (tertiary/aromatic N) is 4. The zero-order chi connectivity index (χ0) is 21.7. The highest BCUT2D eigenvalue weighted by atomic mass is 32.2. The number of aromatic nitrogens is 4. The van der Waals surface area contributed by atoms with E-state index in [4.69, 9.17) is 9.97 Å². The van der Waals surface area contributed by atoms with E-state index in [9.17, 15) is 4.79 Å². The van der Waals surface area contributed by atoms with Gasteiger partial charge in [0.1, 0.15) is 11.6 Å². The van der Waals surface area contributed by atoms with E-state index < -0.39 is 0 Å². The Kier molecular flexibility index (Phi) is 6.94. The summed E-state index contributed by atoms with van der Waals surface area (Å²) in [5.41, 5.74) is 2.71. The zero-order valence-corrected chi connectivity index (χ0v) is 18.7. The summed E-state index contributed by atoms with van der Waals surface area (Å²) in [5.74, 6) is 2.26. The van der Waals surface area contributed by atoms with Gasteiger partial charge in [-0.3, -0.25) is 9.89 Å². The highest BCUT2D eigenvalue weighted by Crippen LogP contribution is 2.32. The van der Waals surface area contributed by atoms with Crippen molar-refractivity contribution in [3.8, 4) is 0 Å². The fourth-order valence-corrected chi connectivity index (χ4v) is 3.75. The van der Waals surface area contributed by atoms with Crippen molar-refractivity contribution in [2.45, 2.75) is 44.7 Å². The molecule has 3 rings (SSSR count). The van der Waals surface area contributed by atoms with Crippen LogP contribution in [0.1, 0.15) is 32.0 Å². The van der Waals surface area contributed by atoms with Crippen molar-refractivity contribution in [3.05, 3.63) is 41.6 Å². The zero-order valence-electron chi connectivity index (χ0n) is 17.9. The molecular weight excluding hydrogens is 398 g/mol. The number of H-pyrrole nitrogens is 1. The second-order valence-electron chi connectivity index (χ2n) is 6.84. The molecule has 0 saturated carbocycles. The Morgan fingerprint density at radius 2 is 1.83 bits per heavy atom. The quantitative estimate of drug-likeness (QED) is 0.457. The smallest absolute Gasteiger partial charge is 0.221 e. The summed E-state index contributed by atoms with van der Waals surface area (Å²) >= 11 is 1.48. The minimum absolute atomic E-state index is 0.0922. The van der Waals surface area contributed by atoms with Gasteiger partial charge >= 0.3 is 0 Å². The Morgan fingerprint density at radius 1 is 1.13 bits per heavy atom. The third-order valence-electron chi connectivity index (χ3n) is 4.50. The number of hydrogen-bond donors (Lipinski definition) is 3. The van der Waals surface area contributed by atoms with Crippen molar-refractivity contribution >= 4 is 40.8 Å². The van der Waals surface area contributed by atoms with Gasteiger partial charge in [0.05, 0.1) is 0 Å². The maximum Gasteiger partial charge on any atom is 0.221 e. The fourth-order valence-electron chi connectivity index (χ4n) is 3.00. The molecule has 158 valence electrons. The molecule has 0 unspecified atom stereocenters. The van der Waals surface area contributed by atoms with Crippen LogP contribution in [0.5, 0.6) is 0 Å². The summed E-state index contributed by atoms with van der Waals surface area (Å²) in [6.07, 6.45) is 0. The lowest BCUT2D eigenvalue weighted by molar-refractivity contribution is -0.114. The van der Waals surface area contributed by atoms with E-state index in [0.717, 1.165) is 52.4 Å². The average molecular weight is 426 g/mol. The van der Waals surface area contributed by atoms with Gasteiger partial charge < -0.3 is 15.5 Å². The molecule has 0 atom stereocenters. The summed E-state index contributed by atoms with van der Waals surface area (Å²) in [6, 6.07) is 9.57. The van der Waals surface area contributed by atoms with Crippen LogP contribution in [0, 0.1) is 13.8 Å². The van der Waals surface area contributed by atoms with Crippen LogP contribution in [0.15, 0.2) is 40.4 Å². The second-order valence-corrected chi connectivity index (χ2v) is 7.89. The molecule has 0 aliphatic rings. The maximum atomic E-state index is 11.2. The molecule has 2 aromatic heterocycles. The topological polar surface area (TPSA) is 98.8 Å². The van der Waals surface area contributed by atoms with Gasteiger partial charge in [-0.15, -0.1) is 0 Å². The first-order chi connectivity index (χ1) is 14.4. The molecule has 3 aromatic rings. The molecule has 0 spiro atoms. The van der Waals surface area contributed by atoms with E-state index in [1.807, 2.05) is 44.2 Å². The number of carbonyl (C=O) groups excluding carboxylic acids is 1. The van der Waals surface area contributed by atoms with Crippen LogP contribution in [-0.2, 0) is 4.79 Å².